The van der Waals surface area contributed by atoms with E-state index < -0.39 is 5.97 Å². The average Bonchev–Trinajstić information content (AvgIpc) is 2.27. The summed E-state index contributed by atoms with van der Waals surface area (Å²) in [5.74, 6) is -0.487. The first-order valence-electron chi connectivity index (χ1n) is 4.95. The third-order valence-electron chi connectivity index (χ3n) is 1.95. The lowest BCUT2D eigenvalue weighted by atomic mass is 10.1. The zero-order chi connectivity index (χ0) is 12.8. The highest BCUT2D eigenvalue weighted by Gasteiger charge is 2.16. The van der Waals surface area contributed by atoms with E-state index in [0.717, 1.165) is 0 Å². The SMILES string of the molecule is CCOC(=O)C(=COC)c1ccc(Cl)cc1Cl. The number of hydrogen-bond donors (Lipinski definition) is 0. The molecule has 1 aromatic rings. The minimum atomic E-state index is -0.487. The van der Waals surface area contributed by atoms with Gasteiger partial charge in [-0.3, -0.25) is 0 Å². The number of carbonyl (C=O) groups excluding carboxylic acids is 1. The largest absolute Gasteiger partial charge is 0.503 e. The van der Waals surface area contributed by atoms with Gasteiger partial charge in [0.05, 0.1) is 25.0 Å². The molecule has 0 amide bonds. The minimum Gasteiger partial charge on any atom is -0.503 e. The Morgan fingerprint density at radius 3 is 2.65 bits per heavy atom. The van der Waals surface area contributed by atoms with Crippen LogP contribution >= 0.6 is 23.2 Å². The van der Waals surface area contributed by atoms with Crippen molar-refractivity contribution in [3.63, 3.8) is 0 Å². The van der Waals surface area contributed by atoms with Crippen LogP contribution in [0.3, 0.4) is 0 Å². The van der Waals surface area contributed by atoms with Crippen molar-refractivity contribution in [3.05, 3.63) is 40.1 Å². The molecule has 0 heterocycles. The van der Waals surface area contributed by atoms with Crippen LogP contribution in [0.1, 0.15) is 12.5 Å². The number of methoxy groups -OCH3 is 1. The lowest BCUT2D eigenvalue weighted by Crippen LogP contribution is -2.07. The Morgan fingerprint density at radius 2 is 2.12 bits per heavy atom. The Bertz CT molecular complexity index is 441. The molecule has 0 aromatic heterocycles. The molecule has 0 aliphatic rings. The molecular weight excluding hydrogens is 263 g/mol. The number of esters is 1. The van der Waals surface area contributed by atoms with Crippen molar-refractivity contribution >= 4 is 34.7 Å². The highest BCUT2D eigenvalue weighted by molar-refractivity contribution is 6.37. The molecule has 0 radical (unpaired) electrons. The topological polar surface area (TPSA) is 35.5 Å². The van der Waals surface area contributed by atoms with Crippen molar-refractivity contribution in [3.8, 4) is 0 Å². The molecule has 0 aliphatic carbocycles. The maximum atomic E-state index is 11.7. The van der Waals surface area contributed by atoms with Gasteiger partial charge in [-0.1, -0.05) is 29.3 Å². The van der Waals surface area contributed by atoms with Crippen molar-refractivity contribution in [2.75, 3.05) is 13.7 Å². The molecule has 0 aliphatic heterocycles. The van der Waals surface area contributed by atoms with Crippen LogP contribution in [0.15, 0.2) is 24.5 Å². The molecule has 0 saturated carbocycles. The summed E-state index contributed by atoms with van der Waals surface area (Å²) in [6.07, 6.45) is 1.30. The molecular formula is C12H12Cl2O3. The van der Waals surface area contributed by atoms with Crippen molar-refractivity contribution in [1.29, 1.82) is 0 Å². The van der Waals surface area contributed by atoms with E-state index in [1.165, 1.54) is 13.4 Å². The summed E-state index contributed by atoms with van der Waals surface area (Å²) in [5.41, 5.74) is 0.785. The van der Waals surface area contributed by atoms with Crippen LogP contribution in [0.2, 0.25) is 10.0 Å². The van der Waals surface area contributed by atoms with Crippen molar-refractivity contribution in [1.82, 2.24) is 0 Å². The van der Waals surface area contributed by atoms with Crippen LogP contribution in [-0.4, -0.2) is 19.7 Å². The molecule has 3 nitrogen and oxygen atoms in total. The second-order valence-corrected chi connectivity index (χ2v) is 3.96. The molecule has 0 spiro atoms. The number of hydrogen-bond acceptors (Lipinski definition) is 3. The van der Waals surface area contributed by atoms with E-state index in [-0.39, 0.29) is 12.2 Å². The fourth-order valence-electron chi connectivity index (χ4n) is 1.26. The Morgan fingerprint density at radius 1 is 1.41 bits per heavy atom. The van der Waals surface area contributed by atoms with Gasteiger partial charge < -0.3 is 9.47 Å². The molecule has 1 rings (SSSR count). The van der Waals surface area contributed by atoms with Gasteiger partial charge in [-0.25, -0.2) is 4.79 Å². The summed E-state index contributed by atoms with van der Waals surface area (Å²) in [7, 11) is 1.45. The highest BCUT2D eigenvalue weighted by Crippen LogP contribution is 2.27. The van der Waals surface area contributed by atoms with Gasteiger partial charge in [-0.05, 0) is 19.1 Å². The van der Waals surface area contributed by atoms with E-state index in [4.69, 9.17) is 32.7 Å². The number of carbonyl (C=O) groups is 1. The van der Waals surface area contributed by atoms with Gasteiger partial charge in [0.25, 0.3) is 0 Å². The molecule has 0 bridgehead atoms. The molecule has 0 saturated heterocycles. The first-order chi connectivity index (χ1) is 8.10. The van der Waals surface area contributed by atoms with Gasteiger partial charge >= 0.3 is 5.97 Å². The van der Waals surface area contributed by atoms with Crippen LogP contribution < -0.4 is 0 Å². The smallest absolute Gasteiger partial charge is 0.341 e. The molecule has 5 heteroatoms. The molecule has 0 N–H and O–H groups in total. The summed E-state index contributed by atoms with van der Waals surface area (Å²) < 4.78 is 9.77. The first-order valence-corrected chi connectivity index (χ1v) is 5.71. The minimum absolute atomic E-state index is 0.260. The zero-order valence-corrected chi connectivity index (χ0v) is 11.0. The summed E-state index contributed by atoms with van der Waals surface area (Å²) in [5, 5.41) is 0.869. The van der Waals surface area contributed by atoms with Crippen molar-refractivity contribution in [2.24, 2.45) is 0 Å². The molecule has 0 atom stereocenters. The lowest BCUT2D eigenvalue weighted by Gasteiger charge is -2.08. The quantitative estimate of drug-likeness (QED) is 0.479. The number of ether oxygens (including phenoxy) is 2. The van der Waals surface area contributed by atoms with E-state index in [0.29, 0.717) is 15.6 Å². The fourth-order valence-corrected chi connectivity index (χ4v) is 1.77. The summed E-state index contributed by atoms with van der Waals surface area (Å²) in [6, 6.07) is 4.85. The maximum absolute atomic E-state index is 11.7. The molecule has 92 valence electrons. The fraction of sp³-hybridized carbons (Fsp3) is 0.250. The van der Waals surface area contributed by atoms with Gasteiger partial charge in [0.2, 0.25) is 0 Å². The van der Waals surface area contributed by atoms with Gasteiger partial charge in [0, 0.05) is 10.6 Å². The van der Waals surface area contributed by atoms with Crippen molar-refractivity contribution < 1.29 is 14.3 Å². The van der Waals surface area contributed by atoms with Gasteiger partial charge in [0.1, 0.15) is 5.57 Å². The van der Waals surface area contributed by atoms with E-state index in [1.54, 1.807) is 25.1 Å². The van der Waals surface area contributed by atoms with Gasteiger partial charge in [-0.2, -0.15) is 0 Å². The Hall–Kier alpha value is -1.19. The number of rotatable bonds is 4. The van der Waals surface area contributed by atoms with Crippen LogP contribution in [0.5, 0.6) is 0 Å². The summed E-state index contributed by atoms with van der Waals surface area (Å²) in [4.78, 5) is 11.7. The van der Waals surface area contributed by atoms with Crippen LogP contribution in [0, 0.1) is 0 Å². The highest BCUT2D eigenvalue weighted by atomic mass is 35.5. The van der Waals surface area contributed by atoms with Crippen molar-refractivity contribution in [2.45, 2.75) is 6.92 Å². The Balaban J connectivity index is 3.15. The van der Waals surface area contributed by atoms with Crippen LogP contribution in [0.4, 0.5) is 0 Å². The second kappa shape index (κ2) is 6.52. The van der Waals surface area contributed by atoms with E-state index in [2.05, 4.69) is 0 Å². The molecule has 0 fully saturated rings. The first kappa shape index (κ1) is 13.9. The second-order valence-electron chi connectivity index (χ2n) is 3.11. The third-order valence-corrected chi connectivity index (χ3v) is 2.50. The molecule has 1 aromatic carbocycles. The third kappa shape index (κ3) is 3.65. The van der Waals surface area contributed by atoms with Gasteiger partial charge in [-0.15, -0.1) is 0 Å². The van der Waals surface area contributed by atoms with E-state index in [9.17, 15) is 4.79 Å². The number of benzene rings is 1. The standard InChI is InChI=1S/C12H12Cl2O3/c1-3-17-12(15)10(7-16-2)9-5-4-8(13)6-11(9)14/h4-7H,3H2,1-2H3. The van der Waals surface area contributed by atoms with E-state index >= 15 is 0 Å². The normalized spacial score (nSPS) is 11.2. The summed E-state index contributed by atoms with van der Waals surface area (Å²) >= 11 is 11.8. The van der Waals surface area contributed by atoms with E-state index in [1.807, 2.05) is 0 Å². The Labute approximate surface area is 110 Å². The lowest BCUT2D eigenvalue weighted by molar-refractivity contribution is -0.136. The van der Waals surface area contributed by atoms with Gasteiger partial charge in [0.15, 0.2) is 0 Å². The summed E-state index contributed by atoms with van der Waals surface area (Å²) in [6.45, 7) is 2.01. The van der Waals surface area contributed by atoms with Crippen LogP contribution in [-0.2, 0) is 14.3 Å². The zero-order valence-electron chi connectivity index (χ0n) is 9.50. The number of halogens is 2. The molecule has 0 unspecified atom stereocenters. The predicted molar refractivity (Wildman–Crippen MR) is 68.1 cm³/mol. The maximum Gasteiger partial charge on any atom is 0.341 e. The Kier molecular flexibility index (Phi) is 5.32. The molecule has 17 heavy (non-hydrogen) atoms. The van der Waals surface area contributed by atoms with Crippen LogP contribution in [0.25, 0.3) is 5.57 Å². The predicted octanol–water partition coefficient (Wildman–Crippen LogP) is 3.54. The monoisotopic (exact) mass is 274 g/mol. The average molecular weight is 275 g/mol.